The lowest BCUT2D eigenvalue weighted by atomic mass is 10.00. The molecule has 1 aliphatic carbocycles. The fourth-order valence-electron chi connectivity index (χ4n) is 4.29. The molecule has 3 N–H and O–H groups in total. The van der Waals surface area contributed by atoms with Gasteiger partial charge in [0.2, 0.25) is 11.7 Å². The van der Waals surface area contributed by atoms with E-state index in [1.165, 1.54) is 0 Å². The summed E-state index contributed by atoms with van der Waals surface area (Å²) in [6, 6.07) is 14.5. The Hall–Kier alpha value is -4.31. The van der Waals surface area contributed by atoms with Gasteiger partial charge < -0.3 is 25.0 Å². The molecule has 0 spiro atoms. The third kappa shape index (κ3) is 4.51. The van der Waals surface area contributed by atoms with Gasteiger partial charge in [-0.25, -0.2) is 4.98 Å². The largest absolute Gasteiger partial charge is 0.479 e. The summed E-state index contributed by atoms with van der Waals surface area (Å²) in [5.74, 6) is 2.53. The maximum absolute atomic E-state index is 12.5. The maximum Gasteiger partial charge on any atom is 0.263 e. The molecular formula is C27H26N6O4. The number of anilines is 3. The molecule has 10 heteroatoms. The highest BCUT2D eigenvalue weighted by Gasteiger charge is 2.39. The Labute approximate surface area is 213 Å². The normalized spacial score (nSPS) is 16.7. The van der Waals surface area contributed by atoms with Gasteiger partial charge in [0.25, 0.3) is 5.89 Å². The summed E-state index contributed by atoms with van der Waals surface area (Å²) < 4.78 is 11.4. The number of hydrogen-bond donors (Lipinski definition) is 3. The van der Waals surface area contributed by atoms with E-state index >= 15 is 0 Å². The quantitative estimate of drug-likeness (QED) is 0.315. The molecule has 2 aromatic heterocycles. The van der Waals surface area contributed by atoms with E-state index < -0.39 is 11.6 Å². The van der Waals surface area contributed by atoms with Crippen molar-refractivity contribution in [2.24, 2.45) is 0 Å². The van der Waals surface area contributed by atoms with E-state index in [1.54, 1.807) is 38.2 Å². The summed E-state index contributed by atoms with van der Waals surface area (Å²) in [5.41, 5.74) is 1.75. The number of rotatable bonds is 8. The first-order valence-corrected chi connectivity index (χ1v) is 12.2. The molecule has 2 aromatic carbocycles. The van der Waals surface area contributed by atoms with Crippen LogP contribution in [0.25, 0.3) is 11.5 Å². The molecule has 1 aliphatic heterocycles. The lowest BCUT2D eigenvalue weighted by Gasteiger charge is -2.19. The number of aromatic nitrogens is 4. The van der Waals surface area contributed by atoms with Crippen molar-refractivity contribution in [3.63, 3.8) is 0 Å². The van der Waals surface area contributed by atoms with E-state index in [9.17, 15) is 9.90 Å². The SMILES string of the molecule is CC1(C)Oc2cc(Nc3ncc(-c4nc(C5CC5)no4)c(N[C@H](CO)c4ccccc4)n3)ccc2C1=O. The van der Waals surface area contributed by atoms with E-state index in [1.807, 2.05) is 30.3 Å². The van der Waals surface area contributed by atoms with E-state index in [2.05, 4.69) is 30.7 Å². The molecule has 2 aliphatic rings. The standard InChI is InChI=1S/C27H26N6O4/c1-27(2)22(35)18-11-10-17(12-21(18)36-27)29-26-28-13-19(25-31-23(33-37-25)16-8-9-16)24(32-26)30-20(14-34)15-6-4-3-5-7-15/h3-7,10-13,16,20,34H,8-9,14H2,1-2H3,(H2,28,29,30,32)/t20-/m1/s1. The molecule has 0 saturated heterocycles. The second-order valence-corrected chi connectivity index (χ2v) is 9.76. The minimum absolute atomic E-state index is 0.0535. The smallest absolute Gasteiger partial charge is 0.263 e. The number of fused-ring (bicyclic) bond motifs is 1. The molecule has 0 radical (unpaired) electrons. The Bertz CT molecular complexity index is 1470. The minimum Gasteiger partial charge on any atom is -0.479 e. The van der Waals surface area contributed by atoms with Gasteiger partial charge in [0.05, 0.1) is 18.2 Å². The van der Waals surface area contributed by atoms with Gasteiger partial charge >= 0.3 is 0 Å². The highest BCUT2D eigenvalue weighted by molar-refractivity contribution is 6.07. The van der Waals surface area contributed by atoms with Crippen molar-refractivity contribution in [3.8, 4) is 17.2 Å². The molecule has 4 aromatic rings. The first-order chi connectivity index (χ1) is 17.9. The third-order valence-corrected chi connectivity index (χ3v) is 6.49. The van der Waals surface area contributed by atoms with E-state index in [-0.39, 0.29) is 12.4 Å². The molecular weight excluding hydrogens is 472 g/mol. The summed E-state index contributed by atoms with van der Waals surface area (Å²) in [6.45, 7) is 3.34. The van der Waals surface area contributed by atoms with E-state index in [0.717, 1.165) is 18.4 Å². The number of aliphatic hydroxyl groups is 1. The second-order valence-electron chi connectivity index (χ2n) is 9.76. The zero-order chi connectivity index (χ0) is 25.6. The Morgan fingerprint density at radius 3 is 2.68 bits per heavy atom. The Morgan fingerprint density at radius 2 is 1.92 bits per heavy atom. The molecule has 0 unspecified atom stereocenters. The molecule has 6 rings (SSSR count). The highest BCUT2D eigenvalue weighted by atomic mass is 16.5. The fourth-order valence-corrected chi connectivity index (χ4v) is 4.29. The first-order valence-electron chi connectivity index (χ1n) is 12.2. The van der Waals surface area contributed by atoms with Crippen LogP contribution in [-0.2, 0) is 0 Å². The summed E-state index contributed by atoms with van der Waals surface area (Å²) in [6.07, 6.45) is 3.71. The van der Waals surface area contributed by atoms with Gasteiger partial charge in [0.1, 0.15) is 17.1 Å². The summed E-state index contributed by atoms with van der Waals surface area (Å²) in [7, 11) is 0. The van der Waals surface area contributed by atoms with Gasteiger partial charge in [-0.1, -0.05) is 35.5 Å². The first kappa shape index (κ1) is 23.1. The molecule has 1 fully saturated rings. The summed E-state index contributed by atoms with van der Waals surface area (Å²) >= 11 is 0. The number of aliphatic hydroxyl groups excluding tert-OH is 1. The predicted octanol–water partition coefficient (Wildman–Crippen LogP) is 4.65. The van der Waals surface area contributed by atoms with Crippen LogP contribution < -0.4 is 15.4 Å². The van der Waals surface area contributed by atoms with Crippen LogP contribution in [0.2, 0.25) is 0 Å². The zero-order valence-corrected chi connectivity index (χ0v) is 20.4. The van der Waals surface area contributed by atoms with Crippen molar-refractivity contribution >= 4 is 23.2 Å². The molecule has 3 heterocycles. The van der Waals surface area contributed by atoms with Crippen molar-refractivity contribution in [3.05, 3.63) is 71.7 Å². The molecule has 1 saturated carbocycles. The van der Waals surface area contributed by atoms with E-state index in [0.29, 0.717) is 52.0 Å². The number of nitrogens with one attached hydrogen (secondary N) is 2. The Balaban J connectivity index is 1.33. The van der Waals surface area contributed by atoms with Crippen LogP contribution >= 0.6 is 0 Å². The molecule has 1 atom stereocenters. The van der Waals surface area contributed by atoms with Gasteiger partial charge in [-0.15, -0.1) is 0 Å². The molecule has 188 valence electrons. The van der Waals surface area contributed by atoms with E-state index in [4.69, 9.17) is 9.26 Å². The van der Waals surface area contributed by atoms with Crippen LogP contribution in [0.15, 0.2) is 59.3 Å². The summed E-state index contributed by atoms with van der Waals surface area (Å²) in [5, 5.41) is 20.7. The zero-order valence-electron chi connectivity index (χ0n) is 20.4. The highest BCUT2D eigenvalue weighted by Crippen LogP contribution is 2.40. The van der Waals surface area contributed by atoms with Crippen LogP contribution in [0.3, 0.4) is 0 Å². The maximum atomic E-state index is 12.5. The number of hydrogen-bond acceptors (Lipinski definition) is 10. The average Bonchev–Trinajstić information content (AvgIpc) is 3.58. The van der Waals surface area contributed by atoms with Crippen molar-refractivity contribution < 1.29 is 19.2 Å². The van der Waals surface area contributed by atoms with Crippen LogP contribution in [0.4, 0.5) is 17.5 Å². The van der Waals surface area contributed by atoms with Gasteiger partial charge in [0, 0.05) is 23.9 Å². The van der Waals surface area contributed by atoms with Gasteiger partial charge in [-0.3, -0.25) is 4.79 Å². The molecule has 0 amide bonds. The van der Waals surface area contributed by atoms with Crippen molar-refractivity contribution in [2.75, 3.05) is 17.2 Å². The van der Waals surface area contributed by atoms with Gasteiger partial charge in [-0.05, 0) is 44.4 Å². The predicted molar refractivity (Wildman–Crippen MR) is 136 cm³/mol. The van der Waals surface area contributed by atoms with Crippen molar-refractivity contribution in [1.82, 2.24) is 20.1 Å². The molecule has 10 nitrogen and oxygen atoms in total. The summed E-state index contributed by atoms with van der Waals surface area (Å²) in [4.78, 5) is 26.2. The second kappa shape index (κ2) is 8.97. The minimum atomic E-state index is -0.893. The fraction of sp³-hybridized carbons (Fsp3) is 0.296. The van der Waals surface area contributed by atoms with Crippen LogP contribution in [-0.4, -0.2) is 43.2 Å². The lowest BCUT2D eigenvalue weighted by Crippen LogP contribution is -2.31. The van der Waals surface area contributed by atoms with Crippen LogP contribution in [0.1, 0.15) is 60.4 Å². The number of benzene rings is 2. The monoisotopic (exact) mass is 498 g/mol. The molecule has 37 heavy (non-hydrogen) atoms. The van der Waals surface area contributed by atoms with Crippen LogP contribution in [0, 0.1) is 0 Å². The average molecular weight is 499 g/mol. The number of ether oxygens (including phenoxy) is 1. The van der Waals surface area contributed by atoms with Gasteiger partial charge in [-0.2, -0.15) is 9.97 Å². The topological polar surface area (TPSA) is 135 Å². The number of carbonyl (C=O) groups is 1. The third-order valence-electron chi connectivity index (χ3n) is 6.49. The lowest BCUT2D eigenvalue weighted by molar-refractivity contribution is 0.0684. The van der Waals surface area contributed by atoms with Crippen molar-refractivity contribution in [1.29, 1.82) is 0 Å². The number of carbonyl (C=O) groups excluding carboxylic acids is 1. The van der Waals surface area contributed by atoms with Gasteiger partial charge in [0.15, 0.2) is 11.4 Å². The van der Waals surface area contributed by atoms with Crippen LogP contribution in [0.5, 0.6) is 5.75 Å². The molecule has 0 bridgehead atoms. The number of ketones is 1. The van der Waals surface area contributed by atoms with Crippen molar-refractivity contribution in [2.45, 2.75) is 44.2 Å². The Morgan fingerprint density at radius 1 is 1.11 bits per heavy atom. The Kier molecular flexibility index (Phi) is 5.60. The number of nitrogens with zero attached hydrogens (tertiary/aromatic N) is 4. The number of Topliss-reactive ketones (excluding diaryl/α,β-unsaturated/α-hetero) is 1.